The summed E-state index contributed by atoms with van der Waals surface area (Å²) in [5, 5.41) is 6.73. The smallest absolute Gasteiger partial charge is 0.191 e. The quantitative estimate of drug-likeness (QED) is 0.215. The minimum absolute atomic E-state index is 0. The number of hydrogen-bond donors (Lipinski definition) is 2. The summed E-state index contributed by atoms with van der Waals surface area (Å²) < 4.78 is 24.9. The first-order valence-corrected chi connectivity index (χ1v) is 10.4. The normalized spacial score (nSPS) is 18.8. The van der Waals surface area contributed by atoms with Gasteiger partial charge < -0.3 is 20.1 Å². The molecule has 8 heteroatoms. The molecule has 1 atom stereocenters. The van der Waals surface area contributed by atoms with Crippen LogP contribution in [0, 0.1) is 11.7 Å². The molecule has 1 saturated carbocycles. The van der Waals surface area contributed by atoms with Crippen molar-refractivity contribution in [1.29, 1.82) is 0 Å². The highest BCUT2D eigenvalue weighted by molar-refractivity contribution is 14.0. The monoisotopic (exact) mass is 520 g/mol. The Morgan fingerprint density at radius 1 is 1.31 bits per heavy atom. The van der Waals surface area contributed by atoms with E-state index in [2.05, 4.69) is 20.5 Å². The molecule has 1 aromatic carbocycles. The molecule has 0 bridgehead atoms. The number of rotatable bonds is 10. The fraction of sp³-hybridized carbons (Fsp3) is 0.667. The number of nitrogens with zero attached hydrogens (tertiary/aromatic N) is 2. The fourth-order valence-corrected chi connectivity index (χ4v) is 3.39. The molecule has 2 fully saturated rings. The average molecular weight is 520 g/mol. The Morgan fingerprint density at radius 2 is 2.10 bits per heavy atom. The first-order valence-electron chi connectivity index (χ1n) is 10.4. The number of halogens is 2. The van der Waals surface area contributed by atoms with Gasteiger partial charge in [0.2, 0.25) is 0 Å². The van der Waals surface area contributed by atoms with Crippen molar-refractivity contribution in [3.63, 3.8) is 0 Å². The summed E-state index contributed by atoms with van der Waals surface area (Å²) in [6.07, 6.45) is 3.60. The lowest BCUT2D eigenvalue weighted by Gasteiger charge is -2.35. The zero-order valence-electron chi connectivity index (χ0n) is 17.2. The third kappa shape index (κ3) is 8.74. The van der Waals surface area contributed by atoms with Crippen molar-refractivity contribution >= 4 is 29.9 Å². The highest BCUT2D eigenvalue weighted by atomic mass is 127. The lowest BCUT2D eigenvalue weighted by Crippen LogP contribution is -2.46. The van der Waals surface area contributed by atoms with E-state index in [1.54, 1.807) is 19.2 Å². The summed E-state index contributed by atoms with van der Waals surface area (Å²) in [6, 6.07) is 6.93. The minimum atomic E-state index is -0.204. The molecule has 0 spiro atoms. The molecule has 0 aromatic heterocycles. The first kappa shape index (κ1) is 24.3. The van der Waals surface area contributed by atoms with Crippen LogP contribution >= 0.6 is 24.0 Å². The van der Waals surface area contributed by atoms with E-state index in [4.69, 9.17) is 9.47 Å². The number of guanidine groups is 1. The molecule has 1 saturated heterocycles. The van der Waals surface area contributed by atoms with Gasteiger partial charge in [0.05, 0.1) is 19.3 Å². The second-order valence-electron chi connectivity index (χ2n) is 7.47. The molecule has 164 valence electrons. The van der Waals surface area contributed by atoms with Crippen LogP contribution in [0.15, 0.2) is 29.3 Å². The van der Waals surface area contributed by atoms with E-state index in [-0.39, 0.29) is 35.8 Å². The second-order valence-corrected chi connectivity index (χ2v) is 7.47. The Morgan fingerprint density at radius 3 is 2.79 bits per heavy atom. The Hall–Kier alpha value is -0.970. The molecular formula is C21H34FIN4O2. The molecule has 1 aliphatic heterocycles. The van der Waals surface area contributed by atoms with Gasteiger partial charge in [-0.25, -0.2) is 4.39 Å². The second kappa shape index (κ2) is 13.4. The summed E-state index contributed by atoms with van der Waals surface area (Å²) in [5.41, 5.74) is 0.971. The third-order valence-electron chi connectivity index (χ3n) is 5.21. The van der Waals surface area contributed by atoms with Gasteiger partial charge in [-0.15, -0.1) is 24.0 Å². The number of hydrogen-bond acceptors (Lipinski definition) is 4. The molecule has 1 aromatic rings. The maximum absolute atomic E-state index is 13.8. The van der Waals surface area contributed by atoms with Crippen molar-refractivity contribution in [2.24, 2.45) is 10.9 Å². The Bertz CT molecular complexity index is 624. The summed E-state index contributed by atoms with van der Waals surface area (Å²) in [6.45, 7) is 6.25. The van der Waals surface area contributed by atoms with Gasteiger partial charge in [0.25, 0.3) is 0 Å². The van der Waals surface area contributed by atoms with Crippen LogP contribution < -0.4 is 10.6 Å². The largest absolute Gasteiger partial charge is 0.381 e. The lowest BCUT2D eigenvalue weighted by atomic mass is 10.0. The zero-order chi connectivity index (χ0) is 19.6. The lowest BCUT2D eigenvalue weighted by molar-refractivity contribution is 0.0169. The van der Waals surface area contributed by atoms with Gasteiger partial charge in [-0.2, -0.15) is 0 Å². The molecule has 2 N–H and O–H groups in total. The predicted octanol–water partition coefficient (Wildman–Crippen LogP) is 2.80. The van der Waals surface area contributed by atoms with Crippen molar-refractivity contribution in [3.8, 4) is 0 Å². The highest BCUT2D eigenvalue weighted by Crippen LogP contribution is 2.28. The molecule has 1 heterocycles. The summed E-state index contributed by atoms with van der Waals surface area (Å²) in [5.74, 6) is 1.36. The van der Waals surface area contributed by atoms with Crippen LogP contribution in [0.25, 0.3) is 0 Å². The molecule has 0 radical (unpaired) electrons. The van der Waals surface area contributed by atoms with Crippen LogP contribution in [-0.2, 0) is 9.47 Å². The van der Waals surface area contributed by atoms with Crippen LogP contribution in [0.2, 0.25) is 0 Å². The third-order valence-corrected chi connectivity index (χ3v) is 5.21. The van der Waals surface area contributed by atoms with Crippen LogP contribution in [0.3, 0.4) is 0 Å². The van der Waals surface area contributed by atoms with Gasteiger partial charge in [-0.05, 0) is 42.9 Å². The van der Waals surface area contributed by atoms with Crippen molar-refractivity contribution < 1.29 is 13.9 Å². The van der Waals surface area contributed by atoms with Gasteiger partial charge in [0.1, 0.15) is 5.82 Å². The molecule has 6 nitrogen and oxygen atoms in total. The number of aliphatic imine (C=N–C) groups is 1. The summed E-state index contributed by atoms with van der Waals surface area (Å²) in [7, 11) is 1.77. The molecular weight excluding hydrogens is 486 g/mol. The molecule has 2 aliphatic rings. The number of ether oxygens (including phenoxy) is 2. The zero-order valence-corrected chi connectivity index (χ0v) is 19.6. The Labute approximate surface area is 190 Å². The Kier molecular flexibility index (Phi) is 11.2. The standard InChI is InChI=1S/C21H33FN4O2.HI/c1-23-21(24-8-3-11-28-16-17-6-7-17)25-15-20(26-9-12-27-13-10-26)18-4-2-5-19(22)14-18;/h2,4-5,14,17,20H,3,6-13,15-16H2,1H3,(H2,23,24,25);1H. The van der Waals surface area contributed by atoms with E-state index >= 15 is 0 Å². The highest BCUT2D eigenvalue weighted by Gasteiger charge is 2.23. The number of benzene rings is 1. The van der Waals surface area contributed by atoms with Crippen molar-refractivity contribution in [2.75, 3.05) is 59.7 Å². The number of morpholine rings is 1. The van der Waals surface area contributed by atoms with Crippen molar-refractivity contribution in [2.45, 2.75) is 25.3 Å². The molecule has 1 aliphatic carbocycles. The summed E-state index contributed by atoms with van der Waals surface area (Å²) >= 11 is 0. The summed E-state index contributed by atoms with van der Waals surface area (Å²) in [4.78, 5) is 6.65. The van der Waals surface area contributed by atoms with E-state index in [1.807, 2.05) is 6.07 Å². The fourth-order valence-electron chi connectivity index (χ4n) is 3.39. The van der Waals surface area contributed by atoms with Crippen LogP contribution in [0.1, 0.15) is 30.9 Å². The minimum Gasteiger partial charge on any atom is -0.381 e. The Balaban J connectivity index is 0.00000300. The van der Waals surface area contributed by atoms with Gasteiger partial charge in [-0.1, -0.05) is 12.1 Å². The molecule has 3 rings (SSSR count). The van der Waals surface area contributed by atoms with Crippen LogP contribution in [0.4, 0.5) is 4.39 Å². The average Bonchev–Trinajstić information content (AvgIpc) is 3.54. The van der Waals surface area contributed by atoms with Crippen molar-refractivity contribution in [3.05, 3.63) is 35.6 Å². The van der Waals surface area contributed by atoms with Gasteiger partial charge >= 0.3 is 0 Å². The maximum atomic E-state index is 13.8. The number of nitrogens with one attached hydrogen (secondary N) is 2. The molecule has 0 amide bonds. The molecule has 1 unspecified atom stereocenters. The van der Waals surface area contributed by atoms with Gasteiger partial charge in [0, 0.05) is 46.4 Å². The van der Waals surface area contributed by atoms with Gasteiger partial charge in [0.15, 0.2) is 5.96 Å². The predicted molar refractivity (Wildman–Crippen MR) is 124 cm³/mol. The SMILES string of the molecule is CN=C(NCCCOCC1CC1)NCC(c1cccc(F)c1)N1CCOCC1.I. The van der Waals surface area contributed by atoms with E-state index in [0.29, 0.717) is 19.8 Å². The van der Waals surface area contributed by atoms with Crippen molar-refractivity contribution in [1.82, 2.24) is 15.5 Å². The van der Waals surface area contributed by atoms with Crippen LogP contribution in [0.5, 0.6) is 0 Å². The molecule has 29 heavy (non-hydrogen) atoms. The van der Waals surface area contributed by atoms with E-state index < -0.39 is 0 Å². The van der Waals surface area contributed by atoms with E-state index in [9.17, 15) is 4.39 Å². The van der Waals surface area contributed by atoms with Crippen LogP contribution in [-0.4, -0.2) is 70.5 Å². The van der Waals surface area contributed by atoms with E-state index in [1.165, 1.54) is 18.9 Å². The maximum Gasteiger partial charge on any atom is 0.191 e. The van der Waals surface area contributed by atoms with Gasteiger partial charge in [-0.3, -0.25) is 9.89 Å². The first-order chi connectivity index (χ1) is 13.8. The topological polar surface area (TPSA) is 58.1 Å². The van der Waals surface area contributed by atoms with E-state index in [0.717, 1.165) is 56.7 Å².